The molecule has 0 amide bonds. The summed E-state index contributed by atoms with van der Waals surface area (Å²) < 4.78 is 11.6. The van der Waals surface area contributed by atoms with E-state index in [9.17, 15) is 19.7 Å². The molecule has 7 nitrogen and oxygen atoms in total. The lowest BCUT2D eigenvalue weighted by Crippen LogP contribution is -2.44. The highest BCUT2D eigenvalue weighted by Gasteiger charge is 2.43. The standard InChI is InChI=1S/C30H33NO6/c1-19-10-15-24(30(3,4)22-8-6-5-7-9-22)26(18-19)37-29(33)20(2)28(25-16-17-27(32)36-25)21-11-13-23(14-12-21)31(34)35/h5-9,11-14,16-17,19,24-26,28H,2,10,15,18H2,1,3-4H3/t19-,24-,25+,26-,28+/m1/s1. The van der Waals surface area contributed by atoms with Gasteiger partial charge in [-0.3, -0.25) is 10.1 Å². The van der Waals surface area contributed by atoms with Crippen molar-refractivity contribution in [3.63, 3.8) is 0 Å². The fourth-order valence-corrected chi connectivity index (χ4v) is 5.66. The normalized spacial score (nSPS) is 24.2. The van der Waals surface area contributed by atoms with Crippen LogP contribution in [0, 0.1) is 22.0 Å². The summed E-state index contributed by atoms with van der Waals surface area (Å²) in [5, 5.41) is 11.1. The summed E-state index contributed by atoms with van der Waals surface area (Å²) in [4.78, 5) is 36.0. The molecule has 1 fully saturated rings. The van der Waals surface area contributed by atoms with E-state index in [0.29, 0.717) is 11.5 Å². The maximum atomic E-state index is 13.6. The summed E-state index contributed by atoms with van der Waals surface area (Å²) in [7, 11) is 0. The minimum Gasteiger partial charge on any atom is -0.459 e. The van der Waals surface area contributed by atoms with E-state index < -0.39 is 28.9 Å². The molecular formula is C30H33NO6. The third-order valence-corrected chi connectivity index (χ3v) is 7.86. The van der Waals surface area contributed by atoms with Crippen LogP contribution in [0.15, 0.2) is 78.9 Å². The summed E-state index contributed by atoms with van der Waals surface area (Å²) in [6.07, 6.45) is 4.57. The van der Waals surface area contributed by atoms with E-state index in [0.717, 1.165) is 19.3 Å². The number of hydrogen-bond acceptors (Lipinski definition) is 6. The maximum Gasteiger partial charge on any atom is 0.334 e. The monoisotopic (exact) mass is 503 g/mol. The molecule has 7 heteroatoms. The Morgan fingerprint density at radius 1 is 1.14 bits per heavy atom. The van der Waals surface area contributed by atoms with Crippen molar-refractivity contribution in [3.8, 4) is 0 Å². The van der Waals surface area contributed by atoms with Crippen LogP contribution in [0.5, 0.6) is 0 Å². The van der Waals surface area contributed by atoms with E-state index in [1.165, 1.54) is 23.8 Å². The van der Waals surface area contributed by atoms with Gasteiger partial charge in [-0.2, -0.15) is 0 Å². The van der Waals surface area contributed by atoms with Crippen LogP contribution in [0.2, 0.25) is 0 Å². The fourth-order valence-electron chi connectivity index (χ4n) is 5.66. The van der Waals surface area contributed by atoms with Crippen LogP contribution in [-0.4, -0.2) is 29.1 Å². The SMILES string of the molecule is C=C(C(=O)O[C@@H]1C[C@H](C)CC[C@H]1C(C)(C)c1ccccc1)[C@@H](c1ccc([N+](=O)[O-])cc1)[C@@H]1C=CC(=O)O1. The van der Waals surface area contributed by atoms with Crippen molar-refractivity contribution < 1.29 is 24.0 Å². The molecule has 1 aliphatic carbocycles. The van der Waals surface area contributed by atoms with Crippen LogP contribution >= 0.6 is 0 Å². The summed E-state index contributed by atoms with van der Waals surface area (Å²) in [6.45, 7) is 10.6. The van der Waals surface area contributed by atoms with Gasteiger partial charge in [-0.25, -0.2) is 9.59 Å². The van der Waals surface area contributed by atoms with Crippen LogP contribution in [-0.2, 0) is 24.5 Å². The van der Waals surface area contributed by atoms with Crippen molar-refractivity contribution in [2.45, 2.75) is 63.6 Å². The number of rotatable bonds is 8. The summed E-state index contributed by atoms with van der Waals surface area (Å²) in [5.74, 6) is -1.25. The molecule has 0 N–H and O–H groups in total. The second-order valence-corrected chi connectivity index (χ2v) is 10.7. The number of nitrogens with zero attached hydrogens (tertiary/aromatic N) is 1. The van der Waals surface area contributed by atoms with Crippen molar-refractivity contribution in [1.29, 1.82) is 0 Å². The third-order valence-electron chi connectivity index (χ3n) is 7.86. The molecule has 194 valence electrons. The summed E-state index contributed by atoms with van der Waals surface area (Å²) in [5.41, 5.74) is 1.63. The molecule has 2 aromatic carbocycles. The van der Waals surface area contributed by atoms with E-state index in [-0.39, 0.29) is 28.7 Å². The number of ether oxygens (including phenoxy) is 2. The number of esters is 2. The molecule has 0 radical (unpaired) electrons. The molecule has 0 bridgehead atoms. The van der Waals surface area contributed by atoms with Gasteiger partial charge in [0.2, 0.25) is 0 Å². The van der Waals surface area contributed by atoms with E-state index >= 15 is 0 Å². The highest BCUT2D eigenvalue weighted by molar-refractivity contribution is 5.91. The van der Waals surface area contributed by atoms with Gasteiger partial charge in [-0.15, -0.1) is 0 Å². The molecule has 1 aliphatic heterocycles. The lowest BCUT2D eigenvalue weighted by atomic mass is 9.64. The smallest absolute Gasteiger partial charge is 0.334 e. The predicted octanol–water partition coefficient (Wildman–Crippen LogP) is 6.04. The van der Waals surface area contributed by atoms with Crippen LogP contribution in [0.1, 0.15) is 57.1 Å². The van der Waals surface area contributed by atoms with Gasteiger partial charge in [0, 0.05) is 29.7 Å². The highest BCUT2D eigenvalue weighted by Crippen LogP contribution is 2.44. The lowest BCUT2D eigenvalue weighted by Gasteiger charge is -2.44. The van der Waals surface area contributed by atoms with Crippen LogP contribution in [0.25, 0.3) is 0 Å². The first-order chi connectivity index (χ1) is 17.6. The average molecular weight is 504 g/mol. The van der Waals surface area contributed by atoms with Crippen LogP contribution in [0.3, 0.4) is 0 Å². The Labute approximate surface area is 217 Å². The first kappa shape index (κ1) is 26.3. The van der Waals surface area contributed by atoms with Gasteiger partial charge in [0.25, 0.3) is 5.69 Å². The van der Waals surface area contributed by atoms with Gasteiger partial charge in [0.15, 0.2) is 0 Å². The number of hydrogen-bond donors (Lipinski definition) is 0. The summed E-state index contributed by atoms with van der Waals surface area (Å²) >= 11 is 0. The number of carbonyl (C=O) groups excluding carboxylic acids is 2. The zero-order valence-corrected chi connectivity index (χ0v) is 21.5. The Morgan fingerprint density at radius 2 is 1.81 bits per heavy atom. The van der Waals surface area contributed by atoms with Crippen molar-refractivity contribution in [3.05, 3.63) is 100 Å². The first-order valence-electron chi connectivity index (χ1n) is 12.7. The number of cyclic esters (lactones) is 1. The molecule has 1 saturated carbocycles. The molecule has 0 spiro atoms. The molecule has 0 saturated heterocycles. The molecule has 1 heterocycles. The number of nitro groups is 1. The topological polar surface area (TPSA) is 95.7 Å². The van der Waals surface area contributed by atoms with E-state index in [1.54, 1.807) is 18.2 Å². The summed E-state index contributed by atoms with van der Waals surface area (Å²) in [6, 6.07) is 16.1. The molecule has 0 aromatic heterocycles. The van der Waals surface area contributed by atoms with Crippen molar-refractivity contribution >= 4 is 17.6 Å². The van der Waals surface area contributed by atoms with Gasteiger partial charge >= 0.3 is 11.9 Å². The average Bonchev–Trinajstić information content (AvgIpc) is 3.30. The largest absolute Gasteiger partial charge is 0.459 e. The molecule has 0 unspecified atom stereocenters. The van der Waals surface area contributed by atoms with Crippen LogP contribution < -0.4 is 0 Å². The van der Waals surface area contributed by atoms with E-state index in [4.69, 9.17) is 9.47 Å². The predicted molar refractivity (Wildman–Crippen MR) is 140 cm³/mol. The van der Waals surface area contributed by atoms with Crippen LogP contribution in [0.4, 0.5) is 5.69 Å². The van der Waals surface area contributed by atoms with Gasteiger partial charge in [0.05, 0.1) is 10.8 Å². The first-order valence-corrected chi connectivity index (χ1v) is 12.7. The zero-order chi connectivity index (χ0) is 26.7. The van der Waals surface area contributed by atoms with Crippen molar-refractivity contribution in [2.75, 3.05) is 0 Å². The second-order valence-electron chi connectivity index (χ2n) is 10.7. The molecule has 4 rings (SSSR count). The van der Waals surface area contributed by atoms with E-state index in [2.05, 4.69) is 39.5 Å². The highest BCUT2D eigenvalue weighted by atomic mass is 16.6. The van der Waals surface area contributed by atoms with Gasteiger partial charge < -0.3 is 9.47 Å². The fraction of sp³-hybridized carbons (Fsp3) is 0.400. The van der Waals surface area contributed by atoms with Crippen molar-refractivity contribution in [2.24, 2.45) is 11.8 Å². The van der Waals surface area contributed by atoms with Gasteiger partial charge in [-0.1, -0.05) is 76.2 Å². The Bertz CT molecular complexity index is 1200. The Morgan fingerprint density at radius 3 is 2.41 bits per heavy atom. The Hall–Kier alpha value is -3.74. The molecule has 5 atom stereocenters. The number of non-ortho nitro benzene ring substituents is 1. The number of carbonyl (C=O) groups is 2. The molecule has 2 aromatic rings. The quantitative estimate of drug-likeness (QED) is 0.189. The number of benzene rings is 2. The van der Waals surface area contributed by atoms with E-state index in [1.807, 2.05) is 18.2 Å². The minimum atomic E-state index is -0.754. The second kappa shape index (κ2) is 10.7. The molecular weight excluding hydrogens is 470 g/mol. The minimum absolute atomic E-state index is 0.0724. The van der Waals surface area contributed by atoms with Crippen molar-refractivity contribution in [1.82, 2.24) is 0 Å². The Kier molecular flexibility index (Phi) is 7.62. The Balaban J connectivity index is 1.59. The maximum absolute atomic E-state index is 13.6. The molecule has 37 heavy (non-hydrogen) atoms. The lowest BCUT2D eigenvalue weighted by molar-refractivity contribution is -0.384. The molecule has 2 aliphatic rings. The van der Waals surface area contributed by atoms with Gasteiger partial charge in [-0.05, 0) is 41.4 Å². The van der Waals surface area contributed by atoms with Gasteiger partial charge in [0.1, 0.15) is 12.2 Å². The zero-order valence-electron chi connectivity index (χ0n) is 21.5. The number of nitro benzene ring substituents is 1. The third kappa shape index (κ3) is 5.66.